The Labute approximate surface area is 97.7 Å². The Bertz CT molecular complexity index is 477. The van der Waals surface area contributed by atoms with Crippen LogP contribution in [0, 0.1) is 0 Å². The Morgan fingerprint density at radius 2 is 2.56 bits per heavy atom. The van der Waals surface area contributed by atoms with Crippen molar-refractivity contribution in [3.8, 4) is 0 Å². The molecular weight excluding hydrogens is 222 g/mol. The average Bonchev–Trinajstić information content (AvgIpc) is 2.97. The lowest BCUT2D eigenvalue weighted by Gasteiger charge is -2.24. The standard InChI is InChI=1S/C11H13N3OS/c12-3-9-10-5-15-11(4-14(10)7-13-9)8-1-2-16-6-8/h1-2,6-7,11H,3-5,12H2/t11-/m0/s1. The highest BCUT2D eigenvalue weighted by atomic mass is 32.1. The largest absolute Gasteiger partial charge is 0.365 e. The molecule has 0 fully saturated rings. The van der Waals surface area contributed by atoms with Gasteiger partial charge in [0, 0.05) is 6.54 Å². The van der Waals surface area contributed by atoms with Crippen molar-refractivity contribution < 1.29 is 4.74 Å². The third-order valence-electron chi connectivity index (χ3n) is 2.92. The zero-order chi connectivity index (χ0) is 11.0. The second-order valence-electron chi connectivity index (χ2n) is 3.85. The Balaban J connectivity index is 1.87. The highest BCUT2D eigenvalue weighted by molar-refractivity contribution is 7.07. The van der Waals surface area contributed by atoms with Crippen LogP contribution in [0.4, 0.5) is 0 Å². The predicted molar refractivity (Wildman–Crippen MR) is 62.0 cm³/mol. The van der Waals surface area contributed by atoms with E-state index in [4.69, 9.17) is 10.5 Å². The first-order valence-electron chi connectivity index (χ1n) is 5.25. The molecule has 3 rings (SSSR count). The van der Waals surface area contributed by atoms with Gasteiger partial charge < -0.3 is 15.0 Å². The van der Waals surface area contributed by atoms with Gasteiger partial charge in [-0.05, 0) is 22.4 Å². The molecule has 1 aliphatic rings. The van der Waals surface area contributed by atoms with E-state index >= 15 is 0 Å². The molecule has 2 N–H and O–H groups in total. The highest BCUT2D eigenvalue weighted by Gasteiger charge is 2.22. The van der Waals surface area contributed by atoms with Crippen LogP contribution in [-0.2, 0) is 24.4 Å². The van der Waals surface area contributed by atoms with Crippen LogP contribution in [0.15, 0.2) is 23.2 Å². The summed E-state index contributed by atoms with van der Waals surface area (Å²) in [7, 11) is 0. The van der Waals surface area contributed by atoms with Crippen LogP contribution in [0.5, 0.6) is 0 Å². The molecule has 5 heteroatoms. The number of hydrogen-bond donors (Lipinski definition) is 1. The fourth-order valence-electron chi connectivity index (χ4n) is 2.01. The molecule has 0 aliphatic carbocycles. The lowest BCUT2D eigenvalue weighted by atomic mass is 10.1. The van der Waals surface area contributed by atoms with Crippen LogP contribution >= 0.6 is 11.3 Å². The van der Waals surface area contributed by atoms with Crippen LogP contribution in [0.1, 0.15) is 23.1 Å². The molecule has 0 bridgehead atoms. The summed E-state index contributed by atoms with van der Waals surface area (Å²) in [5.41, 5.74) is 8.93. The normalized spacial score (nSPS) is 19.7. The fourth-order valence-corrected chi connectivity index (χ4v) is 2.72. The molecule has 0 saturated carbocycles. The van der Waals surface area contributed by atoms with Gasteiger partial charge in [-0.3, -0.25) is 0 Å². The second kappa shape index (κ2) is 4.01. The summed E-state index contributed by atoms with van der Waals surface area (Å²) in [5.74, 6) is 0. The molecule has 2 aromatic rings. The Kier molecular flexibility index (Phi) is 2.51. The maximum Gasteiger partial charge on any atom is 0.102 e. The first-order chi connectivity index (χ1) is 7.88. The van der Waals surface area contributed by atoms with Crippen molar-refractivity contribution in [2.45, 2.75) is 25.8 Å². The summed E-state index contributed by atoms with van der Waals surface area (Å²) in [6.07, 6.45) is 2.01. The molecule has 16 heavy (non-hydrogen) atoms. The summed E-state index contributed by atoms with van der Waals surface area (Å²) in [5, 5.41) is 4.21. The number of hydrogen-bond acceptors (Lipinski definition) is 4. The summed E-state index contributed by atoms with van der Waals surface area (Å²) in [6, 6.07) is 2.11. The van der Waals surface area contributed by atoms with Gasteiger partial charge in [-0.2, -0.15) is 11.3 Å². The smallest absolute Gasteiger partial charge is 0.102 e. The fraction of sp³-hybridized carbons (Fsp3) is 0.364. The summed E-state index contributed by atoms with van der Waals surface area (Å²) >= 11 is 1.70. The van der Waals surface area contributed by atoms with E-state index in [0.717, 1.165) is 17.9 Å². The minimum Gasteiger partial charge on any atom is -0.365 e. The van der Waals surface area contributed by atoms with Crippen molar-refractivity contribution in [3.63, 3.8) is 0 Å². The number of imidazole rings is 1. The zero-order valence-electron chi connectivity index (χ0n) is 8.80. The molecule has 3 heterocycles. The van der Waals surface area contributed by atoms with Crippen LogP contribution in [0.3, 0.4) is 0 Å². The van der Waals surface area contributed by atoms with Crippen molar-refractivity contribution >= 4 is 11.3 Å². The van der Waals surface area contributed by atoms with Gasteiger partial charge in [-0.1, -0.05) is 0 Å². The quantitative estimate of drug-likeness (QED) is 0.861. The topological polar surface area (TPSA) is 53.1 Å². The van der Waals surface area contributed by atoms with E-state index in [1.54, 1.807) is 11.3 Å². The van der Waals surface area contributed by atoms with Crippen molar-refractivity contribution in [2.24, 2.45) is 5.73 Å². The van der Waals surface area contributed by atoms with Gasteiger partial charge in [0.2, 0.25) is 0 Å². The SMILES string of the molecule is NCc1ncn2c1CO[C@H](c1ccsc1)C2. The predicted octanol–water partition coefficient (Wildman–Crippen LogP) is 1.67. The molecule has 0 aromatic carbocycles. The van der Waals surface area contributed by atoms with Crippen molar-refractivity contribution in [1.82, 2.24) is 9.55 Å². The second-order valence-corrected chi connectivity index (χ2v) is 4.63. The molecule has 1 aliphatic heterocycles. The molecule has 0 radical (unpaired) electrons. The van der Waals surface area contributed by atoms with Crippen LogP contribution < -0.4 is 5.73 Å². The van der Waals surface area contributed by atoms with E-state index in [9.17, 15) is 0 Å². The maximum absolute atomic E-state index is 5.84. The van der Waals surface area contributed by atoms with Crippen LogP contribution in [-0.4, -0.2) is 9.55 Å². The minimum absolute atomic E-state index is 0.151. The van der Waals surface area contributed by atoms with Crippen molar-refractivity contribution in [2.75, 3.05) is 0 Å². The molecule has 0 spiro atoms. The summed E-state index contributed by atoms with van der Waals surface area (Å²) in [6.45, 7) is 1.92. The van der Waals surface area contributed by atoms with Crippen molar-refractivity contribution in [1.29, 1.82) is 0 Å². The highest BCUT2D eigenvalue weighted by Crippen LogP contribution is 2.28. The van der Waals surface area contributed by atoms with Crippen LogP contribution in [0.2, 0.25) is 0 Å². The minimum atomic E-state index is 0.151. The number of rotatable bonds is 2. The molecular formula is C11H13N3OS. The lowest BCUT2D eigenvalue weighted by Crippen LogP contribution is -2.21. The van der Waals surface area contributed by atoms with E-state index in [1.165, 1.54) is 5.56 Å². The number of fused-ring (bicyclic) bond motifs is 1. The molecule has 0 amide bonds. The average molecular weight is 235 g/mol. The van der Waals surface area contributed by atoms with Gasteiger partial charge >= 0.3 is 0 Å². The number of thiophene rings is 1. The van der Waals surface area contributed by atoms with E-state index in [-0.39, 0.29) is 6.10 Å². The van der Waals surface area contributed by atoms with Gasteiger partial charge in [-0.15, -0.1) is 0 Å². The number of nitrogens with zero attached hydrogens (tertiary/aromatic N) is 2. The van der Waals surface area contributed by atoms with E-state index in [0.29, 0.717) is 13.2 Å². The van der Waals surface area contributed by atoms with E-state index in [2.05, 4.69) is 26.4 Å². The van der Waals surface area contributed by atoms with Gasteiger partial charge in [0.05, 0.1) is 30.9 Å². The van der Waals surface area contributed by atoms with E-state index < -0.39 is 0 Å². The van der Waals surface area contributed by atoms with Crippen LogP contribution in [0.25, 0.3) is 0 Å². The first kappa shape index (κ1) is 10.0. The zero-order valence-corrected chi connectivity index (χ0v) is 9.61. The van der Waals surface area contributed by atoms with Gasteiger partial charge in [0.15, 0.2) is 0 Å². The Morgan fingerprint density at radius 3 is 3.31 bits per heavy atom. The van der Waals surface area contributed by atoms with Gasteiger partial charge in [0.25, 0.3) is 0 Å². The monoisotopic (exact) mass is 235 g/mol. The third kappa shape index (κ3) is 1.57. The molecule has 0 unspecified atom stereocenters. The summed E-state index contributed by atoms with van der Waals surface area (Å²) in [4.78, 5) is 4.29. The van der Waals surface area contributed by atoms with Gasteiger partial charge in [0.1, 0.15) is 6.10 Å². The molecule has 0 saturated heterocycles. The number of nitrogens with two attached hydrogens (primary N) is 1. The Morgan fingerprint density at radius 1 is 1.62 bits per heavy atom. The Hall–Kier alpha value is -1.17. The first-order valence-corrected chi connectivity index (χ1v) is 6.19. The third-order valence-corrected chi connectivity index (χ3v) is 3.63. The summed E-state index contributed by atoms with van der Waals surface area (Å²) < 4.78 is 7.99. The van der Waals surface area contributed by atoms with Gasteiger partial charge in [-0.25, -0.2) is 4.98 Å². The van der Waals surface area contributed by atoms with Crippen molar-refractivity contribution in [3.05, 3.63) is 40.1 Å². The number of ether oxygens (including phenoxy) is 1. The maximum atomic E-state index is 5.84. The molecule has 1 atom stereocenters. The number of aromatic nitrogens is 2. The molecule has 84 valence electrons. The molecule has 2 aromatic heterocycles. The molecule has 4 nitrogen and oxygen atoms in total. The lowest BCUT2D eigenvalue weighted by molar-refractivity contribution is 0.00282. The van der Waals surface area contributed by atoms with E-state index in [1.807, 2.05) is 6.33 Å².